The van der Waals surface area contributed by atoms with Crippen LogP contribution in [0, 0.1) is 15.9 Å². The Hall–Kier alpha value is -2.72. The molecule has 0 atom stereocenters. The molecule has 2 aromatic rings. The molecular formula is C16H17FN2O6S. The smallest absolute Gasteiger partial charge is 0.271 e. The number of nitro benzene ring substituents is 1. The van der Waals surface area contributed by atoms with Crippen LogP contribution in [0.2, 0.25) is 0 Å². The monoisotopic (exact) mass is 384 g/mol. The summed E-state index contributed by atoms with van der Waals surface area (Å²) in [7, 11) is -1.52. The summed E-state index contributed by atoms with van der Waals surface area (Å²) >= 11 is 0. The number of likely N-dealkylation sites (N-methyl/N-ethyl adjacent to an activating group) is 1. The maximum atomic E-state index is 13.5. The number of rotatable bonds is 8. The zero-order chi connectivity index (χ0) is 19.3. The third-order valence-corrected chi connectivity index (χ3v) is 5.42. The summed E-state index contributed by atoms with van der Waals surface area (Å²) in [5.41, 5.74) is -0.375. The van der Waals surface area contributed by atoms with E-state index in [4.69, 9.17) is 9.47 Å². The molecule has 0 saturated heterocycles. The first kappa shape index (κ1) is 19.6. The number of benzene rings is 2. The van der Waals surface area contributed by atoms with Crippen molar-refractivity contribution < 1.29 is 27.2 Å². The minimum atomic E-state index is -4.07. The quantitative estimate of drug-likeness (QED) is 0.512. The Balaban J connectivity index is 2.17. The van der Waals surface area contributed by atoms with Crippen molar-refractivity contribution in [2.45, 2.75) is 4.90 Å². The largest absolute Gasteiger partial charge is 0.495 e. The molecule has 0 radical (unpaired) electrons. The standard InChI is InChI=1S/C16H17FN2O6S/c1-18(9-10-25-14-6-4-3-5-13(14)17)26(22,23)16-11-12(19(20)21)7-8-15(16)24-2/h3-8,11H,9-10H2,1-2H3. The summed E-state index contributed by atoms with van der Waals surface area (Å²) in [6.07, 6.45) is 0. The summed E-state index contributed by atoms with van der Waals surface area (Å²) in [5, 5.41) is 10.9. The van der Waals surface area contributed by atoms with E-state index in [0.29, 0.717) is 0 Å². The van der Waals surface area contributed by atoms with Crippen LogP contribution in [-0.2, 0) is 10.0 Å². The third kappa shape index (κ3) is 4.27. The molecule has 0 aromatic heterocycles. The molecule has 8 nitrogen and oxygen atoms in total. The number of sulfonamides is 1. The van der Waals surface area contributed by atoms with E-state index < -0.39 is 20.8 Å². The van der Waals surface area contributed by atoms with Gasteiger partial charge in [-0.15, -0.1) is 0 Å². The maximum Gasteiger partial charge on any atom is 0.271 e. The number of ether oxygens (including phenoxy) is 2. The number of non-ortho nitro benzene ring substituents is 1. The fraction of sp³-hybridized carbons (Fsp3) is 0.250. The van der Waals surface area contributed by atoms with Crippen LogP contribution in [-0.4, -0.2) is 45.0 Å². The van der Waals surface area contributed by atoms with E-state index in [1.807, 2.05) is 0 Å². The molecule has 0 unspecified atom stereocenters. The van der Waals surface area contributed by atoms with Gasteiger partial charge >= 0.3 is 0 Å². The van der Waals surface area contributed by atoms with Gasteiger partial charge in [0.05, 0.1) is 12.0 Å². The Kier molecular flexibility index (Phi) is 6.11. The number of halogens is 1. The van der Waals surface area contributed by atoms with Crippen LogP contribution in [0.1, 0.15) is 0 Å². The van der Waals surface area contributed by atoms with Crippen LogP contribution in [0.4, 0.5) is 10.1 Å². The van der Waals surface area contributed by atoms with Crippen LogP contribution in [0.5, 0.6) is 11.5 Å². The lowest BCUT2D eigenvalue weighted by Gasteiger charge is -2.19. The van der Waals surface area contributed by atoms with Crippen molar-refractivity contribution in [1.29, 1.82) is 0 Å². The molecule has 0 N–H and O–H groups in total. The fourth-order valence-corrected chi connectivity index (χ4v) is 3.44. The second kappa shape index (κ2) is 8.11. The van der Waals surface area contributed by atoms with E-state index in [9.17, 15) is 22.9 Å². The number of methoxy groups -OCH3 is 1. The van der Waals surface area contributed by atoms with Crippen LogP contribution < -0.4 is 9.47 Å². The van der Waals surface area contributed by atoms with Crippen LogP contribution >= 0.6 is 0 Å². The zero-order valence-electron chi connectivity index (χ0n) is 14.1. The van der Waals surface area contributed by atoms with Crippen molar-refractivity contribution in [1.82, 2.24) is 4.31 Å². The van der Waals surface area contributed by atoms with Gasteiger partial charge in [0.15, 0.2) is 11.6 Å². The van der Waals surface area contributed by atoms with Gasteiger partial charge in [-0.3, -0.25) is 10.1 Å². The van der Waals surface area contributed by atoms with E-state index in [-0.39, 0.29) is 35.2 Å². The van der Waals surface area contributed by atoms with Crippen LogP contribution in [0.15, 0.2) is 47.4 Å². The molecule has 140 valence electrons. The minimum absolute atomic E-state index is 0.00577. The topological polar surface area (TPSA) is 99.0 Å². The normalized spacial score (nSPS) is 11.4. The Morgan fingerprint density at radius 2 is 1.88 bits per heavy atom. The third-order valence-electron chi connectivity index (χ3n) is 3.55. The van der Waals surface area contributed by atoms with E-state index in [2.05, 4.69) is 0 Å². The Morgan fingerprint density at radius 1 is 1.19 bits per heavy atom. The van der Waals surface area contributed by atoms with Crippen molar-refractivity contribution in [3.05, 3.63) is 58.4 Å². The second-order valence-electron chi connectivity index (χ2n) is 5.20. The second-order valence-corrected chi connectivity index (χ2v) is 7.21. The lowest BCUT2D eigenvalue weighted by molar-refractivity contribution is -0.385. The van der Waals surface area contributed by atoms with Crippen molar-refractivity contribution in [2.75, 3.05) is 27.3 Å². The molecule has 0 heterocycles. The van der Waals surface area contributed by atoms with Gasteiger partial charge in [0.1, 0.15) is 17.3 Å². The maximum absolute atomic E-state index is 13.5. The summed E-state index contributed by atoms with van der Waals surface area (Å²) in [6, 6.07) is 9.05. The van der Waals surface area contributed by atoms with E-state index in [1.165, 1.54) is 38.4 Å². The number of para-hydroxylation sites is 1. The Morgan fingerprint density at radius 3 is 2.50 bits per heavy atom. The van der Waals surface area contributed by atoms with Gasteiger partial charge in [0.2, 0.25) is 10.0 Å². The van der Waals surface area contributed by atoms with Gasteiger partial charge in [-0.25, -0.2) is 12.8 Å². The van der Waals surface area contributed by atoms with Gasteiger partial charge in [-0.05, 0) is 18.2 Å². The first-order chi connectivity index (χ1) is 12.3. The number of hydrogen-bond donors (Lipinski definition) is 0. The predicted molar refractivity (Wildman–Crippen MR) is 91.4 cm³/mol. The number of nitrogens with zero attached hydrogens (tertiary/aromatic N) is 2. The predicted octanol–water partition coefficient (Wildman–Crippen LogP) is 2.44. The lowest BCUT2D eigenvalue weighted by Crippen LogP contribution is -2.31. The van der Waals surface area contributed by atoms with E-state index in [1.54, 1.807) is 6.07 Å². The van der Waals surface area contributed by atoms with E-state index >= 15 is 0 Å². The molecule has 0 aliphatic carbocycles. The highest BCUT2D eigenvalue weighted by atomic mass is 32.2. The highest BCUT2D eigenvalue weighted by molar-refractivity contribution is 7.89. The zero-order valence-corrected chi connectivity index (χ0v) is 14.9. The van der Waals surface area contributed by atoms with E-state index in [0.717, 1.165) is 16.4 Å². The molecule has 0 fully saturated rings. The molecule has 0 bridgehead atoms. The first-order valence-corrected chi connectivity index (χ1v) is 8.87. The van der Waals surface area contributed by atoms with Gasteiger partial charge < -0.3 is 9.47 Å². The SMILES string of the molecule is COc1ccc([N+](=O)[O-])cc1S(=O)(=O)N(C)CCOc1ccccc1F. The van der Waals surface area contributed by atoms with Gasteiger partial charge in [-0.2, -0.15) is 4.31 Å². The molecule has 0 saturated carbocycles. The number of nitro groups is 1. The number of hydrogen-bond acceptors (Lipinski definition) is 6. The molecule has 0 amide bonds. The molecule has 0 spiro atoms. The summed E-state index contributed by atoms with van der Waals surface area (Å²) < 4.78 is 50.1. The Bertz CT molecular complexity index is 903. The van der Waals surface area contributed by atoms with Crippen molar-refractivity contribution in [2.24, 2.45) is 0 Å². The van der Waals surface area contributed by atoms with Crippen molar-refractivity contribution in [3.63, 3.8) is 0 Å². The summed E-state index contributed by atoms with van der Waals surface area (Å²) in [6.45, 7) is -0.198. The van der Waals surface area contributed by atoms with Crippen molar-refractivity contribution in [3.8, 4) is 11.5 Å². The van der Waals surface area contributed by atoms with Gasteiger partial charge in [0, 0.05) is 25.7 Å². The molecule has 2 rings (SSSR count). The summed E-state index contributed by atoms with van der Waals surface area (Å²) in [5.74, 6) is -0.568. The van der Waals surface area contributed by atoms with Crippen molar-refractivity contribution >= 4 is 15.7 Å². The molecule has 0 aliphatic rings. The lowest BCUT2D eigenvalue weighted by atomic mass is 10.3. The average molecular weight is 384 g/mol. The van der Waals surface area contributed by atoms with Crippen LogP contribution in [0.3, 0.4) is 0 Å². The van der Waals surface area contributed by atoms with Gasteiger partial charge in [-0.1, -0.05) is 12.1 Å². The summed E-state index contributed by atoms with van der Waals surface area (Å²) in [4.78, 5) is 9.89. The fourth-order valence-electron chi connectivity index (χ4n) is 2.11. The molecular weight excluding hydrogens is 367 g/mol. The minimum Gasteiger partial charge on any atom is -0.495 e. The average Bonchev–Trinajstić information content (AvgIpc) is 2.62. The molecule has 2 aromatic carbocycles. The highest BCUT2D eigenvalue weighted by Crippen LogP contribution is 2.30. The molecule has 26 heavy (non-hydrogen) atoms. The van der Waals surface area contributed by atoms with Crippen LogP contribution in [0.25, 0.3) is 0 Å². The Labute approximate surface area is 150 Å². The highest BCUT2D eigenvalue weighted by Gasteiger charge is 2.27. The molecule has 10 heteroatoms. The molecule has 0 aliphatic heterocycles. The van der Waals surface area contributed by atoms with Gasteiger partial charge in [0.25, 0.3) is 5.69 Å². The first-order valence-electron chi connectivity index (χ1n) is 7.43.